The summed E-state index contributed by atoms with van der Waals surface area (Å²) in [6.45, 7) is 7.04. The van der Waals surface area contributed by atoms with Crippen LogP contribution in [0.25, 0.3) is 10.4 Å². The summed E-state index contributed by atoms with van der Waals surface area (Å²) >= 11 is 1.59. The zero-order valence-electron chi connectivity index (χ0n) is 20.9. The molecule has 3 atom stereocenters. The van der Waals surface area contributed by atoms with Gasteiger partial charge >= 0.3 is 0 Å². The summed E-state index contributed by atoms with van der Waals surface area (Å²) < 4.78 is 0. The normalized spacial score (nSPS) is 20.9. The van der Waals surface area contributed by atoms with Gasteiger partial charge in [0, 0.05) is 31.0 Å². The van der Waals surface area contributed by atoms with Gasteiger partial charge in [0.2, 0.25) is 5.91 Å². The molecule has 9 heteroatoms. The number of aryl methyl sites for hydroxylation is 2. The number of hydrogen-bond acceptors (Lipinski definition) is 7. The van der Waals surface area contributed by atoms with Gasteiger partial charge in [0.25, 0.3) is 11.8 Å². The van der Waals surface area contributed by atoms with Crippen molar-refractivity contribution in [3.05, 3.63) is 52.7 Å². The van der Waals surface area contributed by atoms with Crippen LogP contribution in [0.3, 0.4) is 0 Å². The SMILES string of the molecule is CC1=CC(=O)N([C@H](C(=O)N2C[C@H](O)C[C@H]2C(=O)CCc2ccc(-c3scnc3C)cc2)C(C)C)C1=O. The number of hydrogen-bond donors (Lipinski definition) is 1. The predicted molar refractivity (Wildman–Crippen MR) is 136 cm³/mol. The van der Waals surface area contributed by atoms with E-state index in [2.05, 4.69) is 4.98 Å². The molecular weight excluding hydrogens is 478 g/mol. The lowest BCUT2D eigenvalue weighted by atomic mass is 9.98. The lowest BCUT2D eigenvalue weighted by Crippen LogP contribution is -2.55. The average Bonchev–Trinajstić information content (AvgIpc) is 3.51. The maximum atomic E-state index is 13.6. The molecule has 2 aromatic rings. The Morgan fingerprint density at radius 1 is 1.17 bits per heavy atom. The molecule has 2 aliphatic rings. The Balaban J connectivity index is 1.45. The van der Waals surface area contributed by atoms with E-state index in [4.69, 9.17) is 0 Å². The number of thiazole rings is 1. The summed E-state index contributed by atoms with van der Waals surface area (Å²) in [7, 11) is 0. The van der Waals surface area contributed by atoms with Crippen LogP contribution in [0.5, 0.6) is 0 Å². The van der Waals surface area contributed by atoms with Crippen LogP contribution in [-0.2, 0) is 25.6 Å². The third kappa shape index (κ3) is 5.03. The summed E-state index contributed by atoms with van der Waals surface area (Å²) in [5, 5.41) is 10.3. The molecule has 8 nitrogen and oxygen atoms in total. The van der Waals surface area contributed by atoms with Crippen molar-refractivity contribution < 1.29 is 24.3 Å². The minimum atomic E-state index is -1.03. The van der Waals surface area contributed by atoms with Gasteiger partial charge in [-0.3, -0.25) is 24.1 Å². The van der Waals surface area contributed by atoms with Crippen LogP contribution in [-0.4, -0.2) is 68.1 Å². The van der Waals surface area contributed by atoms with E-state index < -0.39 is 35.9 Å². The van der Waals surface area contributed by atoms with Crippen molar-refractivity contribution in [2.45, 2.75) is 65.1 Å². The van der Waals surface area contributed by atoms with E-state index in [0.717, 1.165) is 26.6 Å². The Labute approximate surface area is 214 Å². The summed E-state index contributed by atoms with van der Waals surface area (Å²) in [6.07, 6.45) is 1.28. The number of nitrogens with zero attached hydrogens (tertiary/aromatic N) is 3. The Morgan fingerprint density at radius 2 is 1.86 bits per heavy atom. The number of β-amino-alcohol motifs (C(OH)–C–C–N with tert-alkyl or cyclic N) is 1. The molecule has 1 N–H and O–H groups in total. The fraction of sp³-hybridized carbons (Fsp3) is 0.444. The first kappa shape index (κ1) is 25.9. The average molecular weight is 510 g/mol. The third-order valence-electron chi connectivity index (χ3n) is 6.85. The van der Waals surface area contributed by atoms with Crippen molar-refractivity contribution in [2.24, 2.45) is 5.92 Å². The number of aromatic nitrogens is 1. The molecule has 190 valence electrons. The molecule has 1 fully saturated rings. The van der Waals surface area contributed by atoms with Crippen molar-refractivity contribution in [3.63, 3.8) is 0 Å². The van der Waals surface area contributed by atoms with Crippen LogP contribution in [0, 0.1) is 12.8 Å². The fourth-order valence-electron chi connectivity index (χ4n) is 4.93. The zero-order valence-corrected chi connectivity index (χ0v) is 21.7. The fourth-order valence-corrected chi connectivity index (χ4v) is 5.74. The van der Waals surface area contributed by atoms with E-state index in [0.29, 0.717) is 6.42 Å². The van der Waals surface area contributed by atoms with Gasteiger partial charge in [-0.25, -0.2) is 4.98 Å². The number of ketones is 1. The van der Waals surface area contributed by atoms with Crippen LogP contribution in [0.2, 0.25) is 0 Å². The molecule has 2 aliphatic heterocycles. The summed E-state index contributed by atoms with van der Waals surface area (Å²) in [6, 6.07) is 6.20. The number of rotatable bonds is 8. The molecule has 0 spiro atoms. The van der Waals surface area contributed by atoms with E-state index in [1.165, 1.54) is 11.0 Å². The number of benzene rings is 1. The van der Waals surface area contributed by atoms with Crippen molar-refractivity contribution in [1.29, 1.82) is 0 Å². The second-order valence-electron chi connectivity index (χ2n) is 9.86. The van der Waals surface area contributed by atoms with E-state index in [9.17, 15) is 24.3 Å². The monoisotopic (exact) mass is 509 g/mol. The van der Waals surface area contributed by atoms with E-state index in [1.54, 1.807) is 32.1 Å². The van der Waals surface area contributed by atoms with Gasteiger partial charge in [-0.15, -0.1) is 11.3 Å². The van der Waals surface area contributed by atoms with Crippen molar-refractivity contribution >= 4 is 34.8 Å². The number of carbonyl (C=O) groups excluding carboxylic acids is 4. The van der Waals surface area contributed by atoms with Gasteiger partial charge in [0.1, 0.15) is 6.04 Å². The molecule has 0 bridgehead atoms. The van der Waals surface area contributed by atoms with E-state index >= 15 is 0 Å². The van der Waals surface area contributed by atoms with Crippen molar-refractivity contribution in [2.75, 3.05) is 6.54 Å². The predicted octanol–water partition coefficient (Wildman–Crippen LogP) is 2.92. The molecule has 1 saturated heterocycles. The maximum absolute atomic E-state index is 13.6. The maximum Gasteiger partial charge on any atom is 0.257 e. The summed E-state index contributed by atoms with van der Waals surface area (Å²) in [4.78, 5) is 59.6. The molecule has 3 heterocycles. The van der Waals surface area contributed by atoms with Crippen LogP contribution >= 0.6 is 11.3 Å². The van der Waals surface area contributed by atoms with Crippen LogP contribution < -0.4 is 0 Å². The Hall–Kier alpha value is -3.17. The summed E-state index contributed by atoms with van der Waals surface area (Å²) in [5.41, 5.74) is 5.16. The topological polar surface area (TPSA) is 108 Å². The second kappa shape index (κ2) is 10.4. The van der Waals surface area contributed by atoms with Crippen molar-refractivity contribution in [1.82, 2.24) is 14.8 Å². The minimum Gasteiger partial charge on any atom is -0.391 e. The zero-order chi connectivity index (χ0) is 26.1. The van der Waals surface area contributed by atoms with Gasteiger partial charge in [-0.05, 0) is 37.3 Å². The number of Topliss-reactive ketones (excluding diaryl/α,β-unsaturated/α-hetero) is 1. The lowest BCUT2D eigenvalue weighted by molar-refractivity contribution is -0.153. The standard InChI is InChI=1S/C27H31N3O5S/c1-15(2)24(30-23(33)11-16(3)26(30)34)27(35)29-13-20(31)12-21(29)22(32)10-7-18-5-8-19(9-6-18)25-17(4)28-14-36-25/h5-6,8-9,11,14-15,20-21,24,31H,7,10,12-13H2,1-4H3/t20-,21+,24+/m1/s1. The molecular formula is C27H31N3O5S. The number of imide groups is 1. The Bertz CT molecular complexity index is 1220. The first-order valence-electron chi connectivity index (χ1n) is 12.1. The number of aliphatic hydroxyl groups is 1. The molecule has 0 saturated carbocycles. The largest absolute Gasteiger partial charge is 0.391 e. The quantitative estimate of drug-likeness (QED) is 0.549. The number of carbonyl (C=O) groups is 4. The second-order valence-corrected chi connectivity index (χ2v) is 10.7. The Kier molecular flexibility index (Phi) is 7.51. The number of amides is 3. The van der Waals surface area contributed by atoms with Crippen LogP contribution in [0.15, 0.2) is 41.4 Å². The highest BCUT2D eigenvalue weighted by Crippen LogP contribution is 2.29. The van der Waals surface area contributed by atoms with Gasteiger partial charge in [0.15, 0.2) is 5.78 Å². The van der Waals surface area contributed by atoms with Gasteiger partial charge in [0.05, 0.1) is 28.2 Å². The number of likely N-dealkylation sites (tertiary alicyclic amines) is 1. The first-order chi connectivity index (χ1) is 17.1. The highest BCUT2D eigenvalue weighted by Gasteiger charge is 2.46. The Morgan fingerprint density at radius 3 is 2.42 bits per heavy atom. The van der Waals surface area contributed by atoms with Crippen molar-refractivity contribution in [3.8, 4) is 10.4 Å². The highest BCUT2D eigenvalue weighted by atomic mass is 32.1. The van der Waals surface area contributed by atoms with Crippen LogP contribution in [0.4, 0.5) is 0 Å². The van der Waals surface area contributed by atoms with E-state index in [-0.39, 0.29) is 36.7 Å². The molecule has 0 unspecified atom stereocenters. The molecule has 0 aliphatic carbocycles. The van der Waals surface area contributed by atoms with Crippen LogP contribution in [0.1, 0.15) is 44.9 Å². The number of aliphatic hydroxyl groups excluding tert-OH is 1. The third-order valence-corrected chi connectivity index (χ3v) is 7.83. The summed E-state index contributed by atoms with van der Waals surface area (Å²) in [5.74, 6) is -1.98. The van der Waals surface area contributed by atoms with Gasteiger partial charge in [-0.2, -0.15) is 0 Å². The minimum absolute atomic E-state index is 0.00396. The smallest absolute Gasteiger partial charge is 0.257 e. The molecule has 1 aromatic heterocycles. The molecule has 3 amide bonds. The molecule has 0 radical (unpaired) electrons. The first-order valence-corrected chi connectivity index (χ1v) is 13.0. The molecule has 4 rings (SSSR count). The molecule has 36 heavy (non-hydrogen) atoms. The van der Waals surface area contributed by atoms with Gasteiger partial charge in [-0.1, -0.05) is 38.1 Å². The molecule has 1 aromatic carbocycles. The highest BCUT2D eigenvalue weighted by molar-refractivity contribution is 7.13. The lowest BCUT2D eigenvalue weighted by Gasteiger charge is -2.34. The van der Waals surface area contributed by atoms with Gasteiger partial charge < -0.3 is 10.0 Å². The van der Waals surface area contributed by atoms with E-state index in [1.807, 2.05) is 36.7 Å².